The highest BCUT2D eigenvalue weighted by atomic mass is 32.2. The molecule has 0 saturated heterocycles. The number of aryl methyl sites for hydroxylation is 1. The summed E-state index contributed by atoms with van der Waals surface area (Å²) >= 11 is 2.24. The van der Waals surface area contributed by atoms with Crippen LogP contribution in [0.25, 0.3) is 5.69 Å². The van der Waals surface area contributed by atoms with Gasteiger partial charge in [-0.2, -0.15) is 13.2 Å². The fourth-order valence-corrected chi connectivity index (χ4v) is 2.79. The lowest BCUT2D eigenvalue weighted by atomic mass is 10.3. The normalized spacial score (nSPS) is 11.8. The van der Waals surface area contributed by atoms with E-state index in [2.05, 4.69) is 10.4 Å². The Kier molecular flexibility index (Phi) is 3.73. The van der Waals surface area contributed by atoms with Gasteiger partial charge in [0.2, 0.25) is 5.56 Å². The molecular weight excluding hydrogens is 297 g/mol. The molecule has 2 aromatic heterocycles. The number of aromatic nitrogens is 2. The topological polar surface area (TPSA) is 34.9 Å². The van der Waals surface area contributed by atoms with E-state index in [1.54, 1.807) is 18.6 Å². The molecule has 102 valence electrons. The molecule has 0 aliphatic carbocycles. The molecule has 0 fully saturated rings. The Hall–Kier alpha value is -1.28. The zero-order chi connectivity index (χ0) is 14.2. The molecule has 2 aromatic rings. The van der Waals surface area contributed by atoms with Crippen molar-refractivity contribution in [1.29, 1.82) is 0 Å². The number of halogens is 3. The Labute approximate surface area is 115 Å². The van der Waals surface area contributed by atoms with Crippen LogP contribution in [0.1, 0.15) is 11.3 Å². The molecule has 0 N–H and O–H groups in total. The second-order valence-electron chi connectivity index (χ2n) is 3.65. The van der Waals surface area contributed by atoms with Gasteiger partial charge in [-0.25, -0.2) is 4.98 Å². The molecule has 0 saturated carbocycles. The maximum Gasteiger partial charge on any atom is 0.433 e. The van der Waals surface area contributed by atoms with E-state index in [4.69, 9.17) is 0 Å². The summed E-state index contributed by atoms with van der Waals surface area (Å²) in [7, 11) is 0. The number of rotatable bonds is 2. The van der Waals surface area contributed by atoms with E-state index in [0.29, 0.717) is 17.3 Å². The van der Waals surface area contributed by atoms with Crippen LogP contribution in [0, 0.1) is 12.3 Å². The van der Waals surface area contributed by atoms with Gasteiger partial charge in [-0.05, 0) is 6.26 Å². The van der Waals surface area contributed by atoms with E-state index in [-0.39, 0.29) is 5.16 Å². The van der Waals surface area contributed by atoms with Crippen molar-refractivity contribution in [2.24, 2.45) is 0 Å². The first-order chi connectivity index (χ1) is 8.84. The van der Waals surface area contributed by atoms with Gasteiger partial charge in [0.15, 0.2) is 10.9 Å². The minimum atomic E-state index is -4.63. The van der Waals surface area contributed by atoms with Crippen LogP contribution in [-0.2, 0) is 6.18 Å². The predicted molar refractivity (Wildman–Crippen MR) is 68.1 cm³/mol. The zero-order valence-corrected chi connectivity index (χ0v) is 11.5. The van der Waals surface area contributed by atoms with E-state index in [1.165, 1.54) is 15.9 Å². The van der Waals surface area contributed by atoms with Gasteiger partial charge in [-0.15, -0.1) is 16.3 Å². The van der Waals surface area contributed by atoms with E-state index in [9.17, 15) is 18.0 Å². The summed E-state index contributed by atoms with van der Waals surface area (Å²) in [6, 6.07) is 0.511. The number of alkyl halides is 3. The van der Waals surface area contributed by atoms with E-state index >= 15 is 0 Å². The summed E-state index contributed by atoms with van der Waals surface area (Å²) in [4.78, 5) is 15.4. The minimum Gasteiger partial charge on any atom is -0.321 e. The SMILES string of the molecule is CSc1nc(C(F)(F)F)cc(=O)n1-c1cs[c-]c1C. The van der Waals surface area contributed by atoms with E-state index < -0.39 is 17.4 Å². The molecule has 0 bridgehead atoms. The standard InChI is InChI=1S/C11H8F3N2OS2/c1-6-4-19-5-7(6)16-9(17)3-8(11(12,13)14)15-10(16)18-2/h3,5H,1-2H3/q-1. The number of nitrogens with zero attached hydrogens (tertiary/aromatic N) is 2. The highest BCUT2D eigenvalue weighted by molar-refractivity contribution is 7.98. The van der Waals surface area contributed by atoms with Crippen molar-refractivity contribution in [3.05, 3.63) is 38.4 Å². The van der Waals surface area contributed by atoms with Crippen LogP contribution in [0.3, 0.4) is 0 Å². The first-order valence-corrected chi connectivity index (χ1v) is 7.16. The maximum absolute atomic E-state index is 12.6. The monoisotopic (exact) mass is 305 g/mol. The van der Waals surface area contributed by atoms with Crippen LogP contribution < -0.4 is 5.56 Å². The molecular formula is C11H8F3N2OS2-. The van der Waals surface area contributed by atoms with Gasteiger partial charge in [0.1, 0.15) is 0 Å². The third-order valence-electron chi connectivity index (χ3n) is 2.37. The molecule has 19 heavy (non-hydrogen) atoms. The van der Waals surface area contributed by atoms with Crippen molar-refractivity contribution < 1.29 is 13.2 Å². The largest absolute Gasteiger partial charge is 0.433 e. The van der Waals surface area contributed by atoms with Gasteiger partial charge >= 0.3 is 6.18 Å². The fraction of sp³-hybridized carbons (Fsp3) is 0.273. The highest BCUT2D eigenvalue weighted by Crippen LogP contribution is 2.29. The third kappa shape index (κ3) is 2.69. The number of hydrogen-bond acceptors (Lipinski definition) is 4. The van der Waals surface area contributed by atoms with Gasteiger partial charge in [0.05, 0.1) is 0 Å². The van der Waals surface area contributed by atoms with Crippen LogP contribution in [0.2, 0.25) is 0 Å². The number of thiophene rings is 1. The molecule has 0 amide bonds. The Morgan fingerprint density at radius 2 is 2.16 bits per heavy atom. The number of hydrogen-bond donors (Lipinski definition) is 0. The fourth-order valence-electron chi connectivity index (χ4n) is 1.50. The lowest BCUT2D eigenvalue weighted by Gasteiger charge is -2.17. The van der Waals surface area contributed by atoms with Gasteiger partial charge in [0.25, 0.3) is 0 Å². The maximum atomic E-state index is 12.6. The Bertz CT molecular complexity index is 661. The first-order valence-electron chi connectivity index (χ1n) is 5.06. The smallest absolute Gasteiger partial charge is 0.321 e. The van der Waals surface area contributed by atoms with Crippen LogP contribution in [-0.4, -0.2) is 15.8 Å². The molecule has 3 nitrogen and oxygen atoms in total. The average molecular weight is 305 g/mol. The second kappa shape index (κ2) is 5.01. The summed E-state index contributed by atoms with van der Waals surface area (Å²) in [5.74, 6) is 0. The quantitative estimate of drug-likeness (QED) is 0.486. The lowest BCUT2D eigenvalue weighted by molar-refractivity contribution is -0.141. The molecule has 0 aliphatic heterocycles. The molecule has 0 spiro atoms. The van der Waals surface area contributed by atoms with Crippen LogP contribution >= 0.6 is 23.1 Å². The molecule has 0 aromatic carbocycles. The molecule has 0 atom stereocenters. The Morgan fingerprint density at radius 1 is 1.47 bits per heavy atom. The highest BCUT2D eigenvalue weighted by Gasteiger charge is 2.33. The van der Waals surface area contributed by atoms with Crippen molar-refractivity contribution in [3.8, 4) is 5.69 Å². The molecule has 8 heteroatoms. The zero-order valence-electron chi connectivity index (χ0n) is 9.91. The minimum absolute atomic E-state index is 0.00900. The predicted octanol–water partition coefficient (Wildman–Crippen LogP) is 3.14. The van der Waals surface area contributed by atoms with Crippen molar-refractivity contribution in [1.82, 2.24) is 9.55 Å². The molecule has 2 heterocycles. The van der Waals surface area contributed by atoms with Gasteiger partial charge < -0.3 is 15.9 Å². The Balaban J connectivity index is 2.71. The van der Waals surface area contributed by atoms with Crippen LogP contribution in [0.4, 0.5) is 13.2 Å². The second-order valence-corrected chi connectivity index (χ2v) is 5.10. The van der Waals surface area contributed by atoms with Crippen molar-refractivity contribution in [3.63, 3.8) is 0 Å². The average Bonchev–Trinajstić information content (AvgIpc) is 2.73. The van der Waals surface area contributed by atoms with E-state index in [1.807, 2.05) is 0 Å². The molecule has 0 aliphatic rings. The van der Waals surface area contributed by atoms with Crippen molar-refractivity contribution in [2.45, 2.75) is 18.3 Å². The van der Waals surface area contributed by atoms with Crippen LogP contribution in [0.15, 0.2) is 21.4 Å². The lowest BCUT2D eigenvalue weighted by Crippen LogP contribution is -2.24. The number of thioether (sulfide) groups is 1. The summed E-state index contributed by atoms with van der Waals surface area (Å²) in [6.45, 7) is 1.74. The summed E-state index contributed by atoms with van der Waals surface area (Å²) in [5.41, 5.74) is -0.707. The van der Waals surface area contributed by atoms with Crippen LogP contribution in [0.5, 0.6) is 0 Å². The van der Waals surface area contributed by atoms with Gasteiger partial charge in [0, 0.05) is 6.07 Å². The third-order valence-corrected chi connectivity index (χ3v) is 3.77. The summed E-state index contributed by atoms with van der Waals surface area (Å²) in [6.07, 6.45) is -3.05. The summed E-state index contributed by atoms with van der Waals surface area (Å²) in [5, 5.41) is 4.58. The molecule has 0 radical (unpaired) electrons. The summed E-state index contributed by atoms with van der Waals surface area (Å²) < 4.78 is 39.0. The van der Waals surface area contributed by atoms with Crippen molar-refractivity contribution >= 4 is 23.1 Å². The Morgan fingerprint density at radius 3 is 2.63 bits per heavy atom. The first kappa shape index (κ1) is 14.1. The molecule has 2 rings (SSSR count). The molecule has 0 unspecified atom stereocenters. The van der Waals surface area contributed by atoms with Crippen molar-refractivity contribution in [2.75, 3.05) is 6.26 Å². The van der Waals surface area contributed by atoms with Gasteiger partial charge in [-0.1, -0.05) is 24.4 Å². The van der Waals surface area contributed by atoms with Gasteiger partial charge in [-0.3, -0.25) is 4.79 Å². The van der Waals surface area contributed by atoms with E-state index in [0.717, 1.165) is 11.8 Å².